The SMILES string of the molecule is CCCCCCCCCc1c(O)cccc1CC. The molecule has 0 bridgehead atoms. The van der Waals surface area contributed by atoms with Gasteiger partial charge in [-0.05, 0) is 36.5 Å². The van der Waals surface area contributed by atoms with E-state index in [4.69, 9.17) is 0 Å². The molecule has 1 rings (SSSR count). The van der Waals surface area contributed by atoms with E-state index in [0.717, 1.165) is 12.8 Å². The molecule has 0 fully saturated rings. The van der Waals surface area contributed by atoms with Crippen LogP contribution < -0.4 is 0 Å². The third-order valence-electron chi connectivity index (χ3n) is 3.66. The summed E-state index contributed by atoms with van der Waals surface area (Å²) in [7, 11) is 0. The normalized spacial score (nSPS) is 10.8. The van der Waals surface area contributed by atoms with Crippen molar-refractivity contribution in [2.75, 3.05) is 0 Å². The number of hydrogen-bond donors (Lipinski definition) is 1. The largest absolute Gasteiger partial charge is 0.508 e. The Morgan fingerprint density at radius 1 is 0.889 bits per heavy atom. The summed E-state index contributed by atoms with van der Waals surface area (Å²) >= 11 is 0. The first kappa shape index (κ1) is 15.1. The maximum Gasteiger partial charge on any atom is 0.119 e. The Morgan fingerprint density at radius 3 is 2.22 bits per heavy atom. The number of unbranched alkanes of at least 4 members (excludes halogenated alkanes) is 6. The summed E-state index contributed by atoms with van der Waals surface area (Å²) in [5.41, 5.74) is 2.48. The molecule has 1 aromatic carbocycles. The van der Waals surface area contributed by atoms with Crippen molar-refractivity contribution in [2.24, 2.45) is 0 Å². The van der Waals surface area contributed by atoms with Crippen LogP contribution in [0.3, 0.4) is 0 Å². The minimum atomic E-state index is 0.486. The Labute approximate surface area is 112 Å². The van der Waals surface area contributed by atoms with Crippen LogP contribution in [0.2, 0.25) is 0 Å². The molecule has 0 saturated carbocycles. The monoisotopic (exact) mass is 248 g/mol. The summed E-state index contributed by atoms with van der Waals surface area (Å²) in [6.45, 7) is 4.41. The first-order valence-electron chi connectivity index (χ1n) is 7.59. The molecule has 0 aromatic heterocycles. The maximum absolute atomic E-state index is 9.90. The van der Waals surface area contributed by atoms with Gasteiger partial charge in [0.1, 0.15) is 5.75 Å². The highest BCUT2D eigenvalue weighted by molar-refractivity contribution is 5.39. The number of aryl methyl sites for hydroxylation is 1. The fourth-order valence-corrected chi connectivity index (χ4v) is 2.50. The van der Waals surface area contributed by atoms with E-state index in [9.17, 15) is 5.11 Å². The van der Waals surface area contributed by atoms with Gasteiger partial charge in [-0.25, -0.2) is 0 Å². The van der Waals surface area contributed by atoms with Gasteiger partial charge in [0.2, 0.25) is 0 Å². The van der Waals surface area contributed by atoms with Gasteiger partial charge in [0.05, 0.1) is 0 Å². The van der Waals surface area contributed by atoms with E-state index in [1.807, 2.05) is 12.1 Å². The fourth-order valence-electron chi connectivity index (χ4n) is 2.50. The van der Waals surface area contributed by atoms with Gasteiger partial charge >= 0.3 is 0 Å². The highest BCUT2D eigenvalue weighted by Crippen LogP contribution is 2.24. The fraction of sp³-hybridized carbons (Fsp3) is 0.647. The van der Waals surface area contributed by atoms with Crippen molar-refractivity contribution in [3.05, 3.63) is 29.3 Å². The summed E-state index contributed by atoms with van der Waals surface area (Å²) in [5.74, 6) is 0.486. The lowest BCUT2D eigenvalue weighted by atomic mass is 9.98. The summed E-state index contributed by atoms with van der Waals surface area (Å²) in [6.07, 6.45) is 11.3. The molecule has 1 aromatic rings. The van der Waals surface area contributed by atoms with E-state index in [1.165, 1.54) is 56.1 Å². The molecule has 0 unspecified atom stereocenters. The second-order valence-electron chi connectivity index (χ2n) is 5.14. The van der Waals surface area contributed by atoms with Crippen LogP contribution in [-0.2, 0) is 12.8 Å². The molecule has 1 heteroatoms. The van der Waals surface area contributed by atoms with E-state index in [1.54, 1.807) is 0 Å². The Morgan fingerprint density at radius 2 is 1.56 bits per heavy atom. The van der Waals surface area contributed by atoms with E-state index in [-0.39, 0.29) is 0 Å². The number of rotatable bonds is 9. The zero-order valence-corrected chi connectivity index (χ0v) is 12.0. The number of phenolic OH excluding ortho intramolecular Hbond substituents is 1. The van der Waals surface area contributed by atoms with Crippen molar-refractivity contribution in [1.29, 1.82) is 0 Å². The van der Waals surface area contributed by atoms with Crippen molar-refractivity contribution in [2.45, 2.75) is 71.6 Å². The third kappa shape index (κ3) is 5.12. The first-order chi connectivity index (χ1) is 8.79. The van der Waals surface area contributed by atoms with Crippen LogP contribution in [0.1, 0.15) is 69.9 Å². The van der Waals surface area contributed by atoms with Gasteiger partial charge in [-0.2, -0.15) is 0 Å². The van der Waals surface area contributed by atoms with Crippen LogP contribution in [0.15, 0.2) is 18.2 Å². The minimum absolute atomic E-state index is 0.486. The van der Waals surface area contributed by atoms with Gasteiger partial charge in [0, 0.05) is 0 Å². The predicted octanol–water partition coefficient (Wildman–Crippen LogP) is 5.25. The summed E-state index contributed by atoms with van der Waals surface area (Å²) in [6, 6.07) is 5.90. The number of benzene rings is 1. The molecule has 1 N–H and O–H groups in total. The molecule has 0 saturated heterocycles. The van der Waals surface area contributed by atoms with Crippen molar-refractivity contribution in [3.8, 4) is 5.75 Å². The van der Waals surface area contributed by atoms with E-state index in [2.05, 4.69) is 19.9 Å². The molecule has 1 nitrogen and oxygen atoms in total. The van der Waals surface area contributed by atoms with Gasteiger partial charge in [-0.3, -0.25) is 0 Å². The van der Waals surface area contributed by atoms with Crippen LogP contribution in [-0.4, -0.2) is 5.11 Å². The van der Waals surface area contributed by atoms with E-state index < -0.39 is 0 Å². The van der Waals surface area contributed by atoms with Crippen LogP contribution in [0.25, 0.3) is 0 Å². The molecule has 0 atom stereocenters. The molecular weight excluding hydrogens is 220 g/mol. The smallest absolute Gasteiger partial charge is 0.119 e. The topological polar surface area (TPSA) is 20.2 Å². The maximum atomic E-state index is 9.90. The zero-order valence-electron chi connectivity index (χ0n) is 12.0. The average Bonchev–Trinajstić information content (AvgIpc) is 2.39. The van der Waals surface area contributed by atoms with Crippen molar-refractivity contribution in [3.63, 3.8) is 0 Å². The van der Waals surface area contributed by atoms with Crippen LogP contribution in [0.5, 0.6) is 5.75 Å². The lowest BCUT2D eigenvalue weighted by Gasteiger charge is -2.09. The van der Waals surface area contributed by atoms with Gasteiger partial charge in [-0.1, -0.05) is 64.5 Å². The van der Waals surface area contributed by atoms with Crippen molar-refractivity contribution >= 4 is 0 Å². The number of phenols is 1. The Balaban J connectivity index is 2.26. The third-order valence-corrected chi connectivity index (χ3v) is 3.66. The number of hydrogen-bond acceptors (Lipinski definition) is 1. The summed E-state index contributed by atoms with van der Waals surface area (Å²) in [5, 5.41) is 9.90. The van der Waals surface area contributed by atoms with E-state index in [0.29, 0.717) is 5.75 Å². The Bertz CT molecular complexity index is 330. The highest BCUT2D eigenvalue weighted by Gasteiger charge is 2.05. The lowest BCUT2D eigenvalue weighted by molar-refractivity contribution is 0.464. The van der Waals surface area contributed by atoms with Crippen LogP contribution in [0, 0.1) is 0 Å². The molecule has 0 aliphatic heterocycles. The molecule has 0 radical (unpaired) electrons. The Hall–Kier alpha value is -0.980. The van der Waals surface area contributed by atoms with E-state index >= 15 is 0 Å². The van der Waals surface area contributed by atoms with Crippen molar-refractivity contribution in [1.82, 2.24) is 0 Å². The minimum Gasteiger partial charge on any atom is -0.508 e. The summed E-state index contributed by atoms with van der Waals surface area (Å²) in [4.78, 5) is 0. The van der Waals surface area contributed by atoms with Crippen molar-refractivity contribution < 1.29 is 5.11 Å². The second-order valence-corrected chi connectivity index (χ2v) is 5.14. The van der Waals surface area contributed by atoms with Gasteiger partial charge in [-0.15, -0.1) is 0 Å². The zero-order chi connectivity index (χ0) is 13.2. The molecule has 0 amide bonds. The van der Waals surface area contributed by atoms with Gasteiger partial charge < -0.3 is 5.11 Å². The van der Waals surface area contributed by atoms with Gasteiger partial charge in [0.25, 0.3) is 0 Å². The predicted molar refractivity (Wildman–Crippen MR) is 79.2 cm³/mol. The molecule has 0 aliphatic rings. The van der Waals surface area contributed by atoms with Crippen LogP contribution in [0.4, 0.5) is 0 Å². The second kappa shape index (κ2) is 9.02. The van der Waals surface area contributed by atoms with Crippen LogP contribution >= 0.6 is 0 Å². The first-order valence-corrected chi connectivity index (χ1v) is 7.59. The molecular formula is C17H28O. The molecule has 0 spiro atoms. The standard InChI is InChI=1S/C17H28O/c1-3-5-6-7-8-9-10-13-16-15(4-2)12-11-14-17(16)18/h11-12,14,18H,3-10,13H2,1-2H3. The number of aromatic hydroxyl groups is 1. The lowest BCUT2D eigenvalue weighted by Crippen LogP contribution is -1.94. The molecule has 18 heavy (non-hydrogen) atoms. The highest BCUT2D eigenvalue weighted by atomic mass is 16.3. The molecule has 102 valence electrons. The molecule has 0 aliphatic carbocycles. The Kier molecular flexibility index (Phi) is 7.55. The average molecular weight is 248 g/mol. The molecule has 0 heterocycles. The van der Waals surface area contributed by atoms with Gasteiger partial charge in [0.15, 0.2) is 0 Å². The summed E-state index contributed by atoms with van der Waals surface area (Å²) < 4.78 is 0. The quantitative estimate of drug-likeness (QED) is 0.592.